The van der Waals surface area contributed by atoms with Crippen LogP contribution in [0.1, 0.15) is 0 Å². The van der Waals surface area contributed by atoms with Crippen LogP contribution in [0.4, 0.5) is 0 Å². The van der Waals surface area contributed by atoms with Crippen molar-refractivity contribution in [2.75, 3.05) is 7.11 Å². The third kappa shape index (κ3) is 2.69. The summed E-state index contributed by atoms with van der Waals surface area (Å²) in [7, 11) is 1.58. The van der Waals surface area contributed by atoms with E-state index in [1.165, 1.54) is 4.68 Å². The highest BCUT2D eigenvalue weighted by Crippen LogP contribution is 2.21. The number of aromatic amines is 1. The molecule has 0 bridgehead atoms. The number of H-pyrrole nitrogens is 1. The molecule has 0 atom stereocenters. The minimum absolute atomic E-state index is 0.0599. The van der Waals surface area contributed by atoms with Gasteiger partial charge in [0.05, 0.1) is 7.11 Å². The van der Waals surface area contributed by atoms with Crippen molar-refractivity contribution < 1.29 is 18.4 Å². The van der Waals surface area contributed by atoms with Crippen LogP contribution in [-0.2, 0) is 0 Å². The Morgan fingerprint density at radius 3 is 2.44 bits per heavy atom. The molecule has 0 aliphatic rings. The summed E-state index contributed by atoms with van der Waals surface area (Å²) in [5.41, 5.74) is 0.914. The van der Waals surface area contributed by atoms with Gasteiger partial charge in [0.25, 0.3) is 0 Å². The van der Waals surface area contributed by atoms with E-state index in [9.17, 15) is 4.79 Å². The minimum atomic E-state index is -0.612. The van der Waals surface area contributed by atoms with Crippen LogP contribution in [-0.4, -0.2) is 22.6 Å². The van der Waals surface area contributed by atoms with E-state index in [2.05, 4.69) is 15.5 Å². The monoisotopic (exact) mass is 337 g/mol. The first-order valence-corrected chi connectivity index (χ1v) is 7.43. The highest BCUT2D eigenvalue weighted by atomic mass is 16.5. The number of hydrogen-bond donors (Lipinski definition) is 1. The fraction of sp³-hybridized carbons (Fsp3) is 0.0588. The lowest BCUT2D eigenvalue weighted by Crippen LogP contribution is -2.36. The van der Waals surface area contributed by atoms with Gasteiger partial charge < -0.3 is 9.15 Å². The maximum Gasteiger partial charge on any atom is 0.441 e. The van der Waals surface area contributed by atoms with Crippen molar-refractivity contribution in [3.63, 3.8) is 0 Å². The largest absolute Gasteiger partial charge is 0.497 e. The predicted octanol–water partition coefficient (Wildman–Crippen LogP) is 1.97. The lowest BCUT2D eigenvalue weighted by Gasteiger charge is -1.97. The molecule has 25 heavy (non-hydrogen) atoms. The fourth-order valence-electron chi connectivity index (χ4n) is 2.38. The van der Waals surface area contributed by atoms with Gasteiger partial charge in [-0.15, -0.1) is 10.2 Å². The molecule has 8 heteroatoms. The highest BCUT2D eigenvalue weighted by molar-refractivity contribution is 5.54. The highest BCUT2D eigenvalue weighted by Gasteiger charge is 2.30. The summed E-state index contributed by atoms with van der Waals surface area (Å²) in [6, 6.07) is 16.4. The average Bonchev–Trinajstić information content (AvgIpc) is 3.29. The van der Waals surface area contributed by atoms with E-state index in [1.54, 1.807) is 31.4 Å². The van der Waals surface area contributed by atoms with E-state index in [0.29, 0.717) is 17.3 Å². The first-order chi connectivity index (χ1) is 12.3. The summed E-state index contributed by atoms with van der Waals surface area (Å²) in [6.45, 7) is 0. The Morgan fingerprint density at radius 2 is 1.72 bits per heavy atom. The van der Waals surface area contributed by atoms with Crippen LogP contribution in [0.2, 0.25) is 0 Å². The van der Waals surface area contributed by atoms with E-state index in [1.807, 2.05) is 30.3 Å². The lowest BCUT2D eigenvalue weighted by atomic mass is 10.2. The topological polar surface area (TPSA) is 98.0 Å². The van der Waals surface area contributed by atoms with Gasteiger partial charge in [-0.25, -0.2) is 4.79 Å². The third-order valence-corrected chi connectivity index (χ3v) is 3.63. The number of nitrogens with zero attached hydrogens (tertiary/aromatic N) is 3. The molecular formula is C17H13N4O4+. The van der Waals surface area contributed by atoms with Gasteiger partial charge >= 0.3 is 17.2 Å². The summed E-state index contributed by atoms with van der Waals surface area (Å²) < 4.78 is 17.1. The van der Waals surface area contributed by atoms with Gasteiger partial charge in [0.1, 0.15) is 5.75 Å². The number of aromatic nitrogens is 4. The van der Waals surface area contributed by atoms with Crippen LogP contribution in [0.3, 0.4) is 0 Å². The molecule has 2 aromatic carbocycles. The number of benzene rings is 2. The van der Waals surface area contributed by atoms with Crippen molar-refractivity contribution in [1.82, 2.24) is 15.5 Å². The fourth-order valence-corrected chi connectivity index (χ4v) is 2.38. The maximum absolute atomic E-state index is 12.1. The van der Waals surface area contributed by atoms with Gasteiger partial charge in [0.15, 0.2) is 0 Å². The molecule has 124 valence electrons. The van der Waals surface area contributed by atoms with E-state index >= 15 is 0 Å². The van der Waals surface area contributed by atoms with Gasteiger partial charge in [0.2, 0.25) is 11.6 Å². The Kier molecular flexibility index (Phi) is 3.62. The molecule has 0 aliphatic carbocycles. The molecule has 0 unspecified atom stereocenters. The van der Waals surface area contributed by atoms with Crippen LogP contribution < -0.4 is 15.0 Å². The summed E-state index contributed by atoms with van der Waals surface area (Å²) in [6.07, 6.45) is 0. The zero-order valence-electron chi connectivity index (χ0n) is 13.2. The zero-order valence-corrected chi connectivity index (χ0v) is 13.2. The molecule has 4 rings (SSSR count). The normalized spacial score (nSPS) is 10.8. The molecule has 0 radical (unpaired) electrons. The summed E-state index contributed by atoms with van der Waals surface area (Å²) in [5.74, 6) is 1.07. The van der Waals surface area contributed by atoms with E-state index in [4.69, 9.17) is 13.7 Å². The maximum atomic E-state index is 12.1. The van der Waals surface area contributed by atoms with E-state index in [-0.39, 0.29) is 11.6 Å². The Morgan fingerprint density at radius 1 is 1.00 bits per heavy atom. The van der Waals surface area contributed by atoms with Crippen molar-refractivity contribution >= 4 is 0 Å². The average molecular weight is 337 g/mol. The quantitative estimate of drug-likeness (QED) is 0.572. The van der Waals surface area contributed by atoms with Crippen molar-refractivity contribution in [2.24, 2.45) is 0 Å². The standard InChI is InChI=1S/C17H12N4O4/c1-23-13-9-7-12(8-10-13)21-14(17(22)25-20-21)16-19-18-15(24-16)11-5-3-2-4-6-11/h2-10H,1H3/p+1. The van der Waals surface area contributed by atoms with Gasteiger partial charge in [-0.1, -0.05) is 18.2 Å². The molecule has 2 aromatic heterocycles. The molecule has 0 fully saturated rings. The first-order valence-electron chi connectivity index (χ1n) is 7.43. The van der Waals surface area contributed by atoms with Gasteiger partial charge in [0, 0.05) is 17.7 Å². The smallest absolute Gasteiger partial charge is 0.441 e. The van der Waals surface area contributed by atoms with Crippen LogP contribution >= 0.6 is 0 Å². The molecular weight excluding hydrogens is 324 g/mol. The van der Waals surface area contributed by atoms with Crippen LogP contribution in [0.5, 0.6) is 5.75 Å². The predicted molar refractivity (Wildman–Crippen MR) is 86.1 cm³/mol. The molecule has 1 N–H and O–H groups in total. The number of methoxy groups -OCH3 is 1. The SMILES string of the molecule is COc1ccc(-[n+]2[nH]oc(=O)c2-c2nnc(-c3ccccc3)o2)cc1. The number of ether oxygens (including phenoxy) is 1. The lowest BCUT2D eigenvalue weighted by molar-refractivity contribution is -0.660. The Labute approximate surface area is 141 Å². The molecule has 2 heterocycles. The molecule has 0 aliphatic heterocycles. The number of nitrogens with one attached hydrogen (secondary N) is 1. The van der Waals surface area contributed by atoms with Crippen LogP contribution in [0, 0.1) is 0 Å². The number of hydrogen-bond acceptors (Lipinski definition) is 6. The van der Waals surface area contributed by atoms with Crippen molar-refractivity contribution in [1.29, 1.82) is 0 Å². The Bertz CT molecular complexity index is 1050. The molecule has 0 amide bonds. The van der Waals surface area contributed by atoms with Crippen molar-refractivity contribution in [3.8, 4) is 34.5 Å². The molecule has 0 saturated heterocycles. The molecule has 4 aromatic rings. The summed E-state index contributed by atoms with van der Waals surface area (Å²) in [4.78, 5) is 12.1. The van der Waals surface area contributed by atoms with Crippen LogP contribution in [0.15, 0.2) is 68.3 Å². The van der Waals surface area contributed by atoms with E-state index < -0.39 is 5.63 Å². The Hall–Kier alpha value is -3.68. The number of rotatable bonds is 4. The van der Waals surface area contributed by atoms with Crippen LogP contribution in [0.25, 0.3) is 28.7 Å². The van der Waals surface area contributed by atoms with Crippen molar-refractivity contribution in [2.45, 2.75) is 0 Å². The Balaban J connectivity index is 1.78. The second-order valence-electron chi connectivity index (χ2n) is 5.14. The van der Waals surface area contributed by atoms with Crippen molar-refractivity contribution in [3.05, 3.63) is 65.0 Å². The summed E-state index contributed by atoms with van der Waals surface area (Å²) >= 11 is 0. The van der Waals surface area contributed by atoms with Gasteiger partial charge in [-0.05, 0) is 34.2 Å². The molecule has 8 nitrogen and oxygen atoms in total. The molecule has 0 spiro atoms. The first kappa shape index (κ1) is 14.9. The van der Waals surface area contributed by atoms with Gasteiger partial charge in [-0.2, -0.15) is 0 Å². The minimum Gasteiger partial charge on any atom is -0.497 e. The zero-order chi connectivity index (χ0) is 17.2. The molecule has 0 saturated carbocycles. The second kappa shape index (κ2) is 6.08. The van der Waals surface area contributed by atoms with E-state index in [0.717, 1.165) is 5.56 Å². The second-order valence-corrected chi connectivity index (χ2v) is 5.14. The third-order valence-electron chi connectivity index (χ3n) is 3.63. The van der Waals surface area contributed by atoms with Gasteiger partial charge in [-0.3, -0.25) is 4.52 Å². The summed E-state index contributed by atoms with van der Waals surface area (Å²) in [5, 5.41) is 10.5.